The summed E-state index contributed by atoms with van der Waals surface area (Å²) in [6.45, 7) is 4.38. The molecule has 0 saturated carbocycles. The number of benzene rings is 1. The van der Waals surface area contributed by atoms with E-state index in [-0.39, 0.29) is 0 Å². The van der Waals surface area contributed by atoms with Crippen LogP contribution in [0.1, 0.15) is 17.8 Å². The van der Waals surface area contributed by atoms with Gasteiger partial charge in [-0.15, -0.1) is 0 Å². The van der Waals surface area contributed by atoms with Crippen molar-refractivity contribution < 1.29 is 4.74 Å². The summed E-state index contributed by atoms with van der Waals surface area (Å²) in [6, 6.07) is 10.4. The average Bonchev–Trinajstić information content (AvgIpc) is 2.81. The smallest absolute Gasteiger partial charge is 0.293 e. The van der Waals surface area contributed by atoms with Crippen molar-refractivity contribution in [2.45, 2.75) is 19.9 Å². The molecule has 5 heteroatoms. The number of aromatic nitrogens is 2. The lowest BCUT2D eigenvalue weighted by Gasteiger charge is -2.05. The summed E-state index contributed by atoms with van der Waals surface area (Å²) in [5.74, 6) is 0.775. The van der Waals surface area contributed by atoms with E-state index in [1.807, 2.05) is 13.0 Å². The highest BCUT2D eigenvalue weighted by atomic mass is 32.1. The lowest BCUT2D eigenvalue weighted by molar-refractivity contribution is 0.306. The Morgan fingerprint density at radius 2 is 2.11 bits per heavy atom. The zero-order valence-corrected chi connectivity index (χ0v) is 11.2. The fourth-order valence-corrected chi connectivity index (χ4v) is 2.08. The Labute approximate surface area is 111 Å². The molecule has 4 nitrogen and oxygen atoms in total. The van der Waals surface area contributed by atoms with E-state index in [1.165, 1.54) is 17.1 Å². The van der Waals surface area contributed by atoms with Crippen molar-refractivity contribution in [1.82, 2.24) is 14.7 Å². The minimum absolute atomic E-state index is 0.663. The number of ether oxygens (including phenoxy) is 1. The molecule has 0 unspecified atom stereocenters. The lowest BCUT2D eigenvalue weighted by Crippen LogP contribution is -2.16. The van der Waals surface area contributed by atoms with Gasteiger partial charge in [0.15, 0.2) is 0 Å². The largest absolute Gasteiger partial charge is 0.469 e. The molecular weight excluding hydrogens is 246 g/mol. The summed E-state index contributed by atoms with van der Waals surface area (Å²) in [5.41, 5.74) is 1.30. The summed E-state index contributed by atoms with van der Waals surface area (Å²) in [6.07, 6.45) is 0.964. The van der Waals surface area contributed by atoms with E-state index >= 15 is 0 Å². The first-order valence-electron chi connectivity index (χ1n) is 6.02. The lowest BCUT2D eigenvalue weighted by atomic mass is 10.2. The van der Waals surface area contributed by atoms with Gasteiger partial charge in [0.05, 0.1) is 6.61 Å². The third-order valence-corrected chi connectivity index (χ3v) is 3.13. The van der Waals surface area contributed by atoms with Crippen LogP contribution in [0.25, 0.3) is 0 Å². The minimum atomic E-state index is 0.663. The summed E-state index contributed by atoms with van der Waals surface area (Å²) in [4.78, 5) is 4.14. The van der Waals surface area contributed by atoms with E-state index in [0.29, 0.717) is 11.8 Å². The molecule has 0 fully saturated rings. The van der Waals surface area contributed by atoms with E-state index < -0.39 is 0 Å². The molecule has 0 spiro atoms. The molecule has 0 aliphatic carbocycles. The topological polar surface area (TPSA) is 47.0 Å². The Kier molecular flexibility index (Phi) is 5.11. The van der Waals surface area contributed by atoms with Crippen molar-refractivity contribution in [2.75, 3.05) is 13.2 Å². The number of rotatable bonds is 7. The molecule has 2 rings (SSSR count). The Morgan fingerprint density at radius 3 is 2.83 bits per heavy atom. The zero-order chi connectivity index (χ0) is 12.6. The van der Waals surface area contributed by atoms with Gasteiger partial charge in [0, 0.05) is 18.1 Å². The van der Waals surface area contributed by atoms with Crippen molar-refractivity contribution in [3.8, 4) is 5.19 Å². The fraction of sp³-hybridized carbons (Fsp3) is 0.385. The van der Waals surface area contributed by atoms with Crippen LogP contribution in [0.5, 0.6) is 5.19 Å². The first-order chi connectivity index (χ1) is 8.84. The number of nitrogens with zero attached hydrogens (tertiary/aromatic N) is 2. The van der Waals surface area contributed by atoms with Crippen molar-refractivity contribution in [2.24, 2.45) is 0 Å². The molecule has 18 heavy (non-hydrogen) atoms. The normalized spacial score (nSPS) is 10.5. The fourth-order valence-electron chi connectivity index (χ4n) is 1.52. The number of hydrogen-bond acceptors (Lipinski definition) is 5. The van der Waals surface area contributed by atoms with Crippen LogP contribution in [-0.4, -0.2) is 22.5 Å². The molecule has 0 saturated heterocycles. The van der Waals surface area contributed by atoms with Crippen LogP contribution >= 0.6 is 11.5 Å². The maximum Gasteiger partial charge on any atom is 0.293 e. The van der Waals surface area contributed by atoms with Gasteiger partial charge in [-0.3, -0.25) is 0 Å². The number of aryl methyl sites for hydroxylation is 1. The van der Waals surface area contributed by atoms with Gasteiger partial charge in [-0.2, -0.15) is 9.36 Å². The van der Waals surface area contributed by atoms with Gasteiger partial charge in [0.2, 0.25) is 0 Å². The van der Waals surface area contributed by atoms with E-state index in [1.54, 1.807) is 0 Å². The third-order valence-electron chi connectivity index (χ3n) is 2.40. The van der Waals surface area contributed by atoms with E-state index in [0.717, 1.165) is 25.3 Å². The van der Waals surface area contributed by atoms with E-state index in [4.69, 9.17) is 4.74 Å². The molecule has 0 aliphatic heterocycles. The van der Waals surface area contributed by atoms with Crippen LogP contribution in [0.4, 0.5) is 0 Å². The highest BCUT2D eigenvalue weighted by molar-refractivity contribution is 7.07. The maximum absolute atomic E-state index is 5.48. The van der Waals surface area contributed by atoms with Crippen LogP contribution in [0.3, 0.4) is 0 Å². The quantitative estimate of drug-likeness (QED) is 0.779. The second kappa shape index (κ2) is 7.08. The molecule has 1 aromatic heterocycles. The molecule has 0 amide bonds. The van der Waals surface area contributed by atoms with E-state index in [2.05, 4.69) is 38.9 Å². The SMILES string of the molecule is Cc1nsc(OCCCNCc2ccccc2)n1. The summed E-state index contributed by atoms with van der Waals surface area (Å²) in [5, 5.41) is 4.04. The van der Waals surface area contributed by atoms with Gasteiger partial charge in [-0.1, -0.05) is 30.3 Å². The molecule has 1 heterocycles. The Bertz CT molecular complexity index is 458. The highest BCUT2D eigenvalue weighted by Crippen LogP contribution is 2.12. The van der Waals surface area contributed by atoms with Gasteiger partial charge < -0.3 is 10.1 Å². The zero-order valence-electron chi connectivity index (χ0n) is 10.4. The predicted octanol–water partition coefficient (Wildman–Crippen LogP) is 2.41. The summed E-state index contributed by atoms with van der Waals surface area (Å²) >= 11 is 1.31. The summed E-state index contributed by atoms with van der Waals surface area (Å²) < 4.78 is 9.55. The Hall–Kier alpha value is -1.46. The van der Waals surface area contributed by atoms with Crippen LogP contribution < -0.4 is 10.1 Å². The first-order valence-corrected chi connectivity index (χ1v) is 6.80. The molecule has 0 radical (unpaired) electrons. The van der Waals surface area contributed by atoms with Crippen molar-refractivity contribution in [3.63, 3.8) is 0 Å². The van der Waals surface area contributed by atoms with Crippen LogP contribution in [0, 0.1) is 6.92 Å². The minimum Gasteiger partial charge on any atom is -0.469 e. The third kappa shape index (κ3) is 4.43. The van der Waals surface area contributed by atoms with Gasteiger partial charge in [-0.05, 0) is 25.5 Å². The van der Waals surface area contributed by atoms with Gasteiger partial charge in [-0.25, -0.2) is 0 Å². The molecule has 1 N–H and O–H groups in total. The van der Waals surface area contributed by atoms with Gasteiger partial charge in [0.1, 0.15) is 5.82 Å². The van der Waals surface area contributed by atoms with Gasteiger partial charge in [0.25, 0.3) is 5.19 Å². The standard InChI is InChI=1S/C13H17N3OS/c1-11-15-13(18-16-11)17-9-5-8-14-10-12-6-3-2-4-7-12/h2-4,6-7,14H,5,8-10H2,1H3. The van der Waals surface area contributed by atoms with Crippen LogP contribution in [0.2, 0.25) is 0 Å². The molecule has 0 aliphatic rings. The molecule has 1 aromatic carbocycles. The first kappa shape index (κ1) is 13.0. The second-order valence-corrected chi connectivity index (χ2v) is 4.69. The summed E-state index contributed by atoms with van der Waals surface area (Å²) in [7, 11) is 0. The number of hydrogen-bond donors (Lipinski definition) is 1. The Morgan fingerprint density at radius 1 is 1.28 bits per heavy atom. The van der Waals surface area contributed by atoms with Crippen molar-refractivity contribution in [3.05, 3.63) is 41.7 Å². The molecular formula is C13H17N3OS. The predicted molar refractivity (Wildman–Crippen MR) is 72.9 cm³/mol. The molecule has 2 aromatic rings. The molecule has 0 atom stereocenters. The van der Waals surface area contributed by atoms with Crippen molar-refractivity contribution in [1.29, 1.82) is 0 Å². The molecule has 96 valence electrons. The van der Waals surface area contributed by atoms with Crippen LogP contribution in [0.15, 0.2) is 30.3 Å². The monoisotopic (exact) mass is 263 g/mol. The average molecular weight is 263 g/mol. The molecule has 0 bridgehead atoms. The van der Waals surface area contributed by atoms with E-state index in [9.17, 15) is 0 Å². The van der Waals surface area contributed by atoms with Gasteiger partial charge >= 0.3 is 0 Å². The van der Waals surface area contributed by atoms with Crippen molar-refractivity contribution >= 4 is 11.5 Å². The second-order valence-electron chi connectivity index (χ2n) is 3.97. The highest BCUT2D eigenvalue weighted by Gasteiger charge is 1.99. The maximum atomic E-state index is 5.48. The Balaban J connectivity index is 1.54. The van der Waals surface area contributed by atoms with Crippen LogP contribution in [-0.2, 0) is 6.54 Å². The number of nitrogens with one attached hydrogen (secondary N) is 1.